The van der Waals surface area contributed by atoms with Gasteiger partial charge in [0.15, 0.2) is 0 Å². The summed E-state index contributed by atoms with van der Waals surface area (Å²) in [7, 11) is 0. The molecule has 16 heavy (non-hydrogen) atoms. The lowest BCUT2D eigenvalue weighted by Crippen LogP contribution is -2.35. The molecule has 4 heteroatoms. The Morgan fingerprint density at radius 1 is 1.56 bits per heavy atom. The summed E-state index contributed by atoms with van der Waals surface area (Å²) < 4.78 is 5.42. The molecule has 0 amide bonds. The molecule has 0 saturated carbocycles. The fourth-order valence-electron chi connectivity index (χ4n) is 2.36. The number of nitrogens with one attached hydrogen (secondary N) is 2. The number of aromatic amines is 1. The largest absolute Gasteiger partial charge is 0.381 e. The molecule has 3 unspecified atom stereocenters. The maximum absolute atomic E-state index is 5.42. The minimum absolute atomic E-state index is 0.342. The number of hydrogen-bond donors (Lipinski definition) is 2. The van der Waals surface area contributed by atoms with Crippen molar-refractivity contribution in [3.63, 3.8) is 0 Å². The summed E-state index contributed by atoms with van der Waals surface area (Å²) in [5, 5.41) is 10.7. The standard InChI is InChI=1S/C12H21N3O/c1-8(11-4-5-16-7-11)14-9(2)12-6-13-15-10(12)3/h6,8-9,11,14H,4-5,7H2,1-3H3,(H,13,15). The summed E-state index contributed by atoms with van der Waals surface area (Å²) in [5.41, 5.74) is 2.40. The van der Waals surface area contributed by atoms with Crippen molar-refractivity contribution < 1.29 is 4.74 Å². The van der Waals surface area contributed by atoms with Gasteiger partial charge in [-0.15, -0.1) is 0 Å². The SMILES string of the molecule is Cc1[nH]ncc1C(C)NC(C)C1CCOC1. The Hall–Kier alpha value is -0.870. The lowest BCUT2D eigenvalue weighted by molar-refractivity contribution is 0.177. The van der Waals surface area contributed by atoms with Gasteiger partial charge in [0.25, 0.3) is 0 Å². The van der Waals surface area contributed by atoms with Gasteiger partial charge >= 0.3 is 0 Å². The van der Waals surface area contributed by atoms with Crippen molar-refractivity contribution >= 4 is 0 Å². The number of nitrogens with zero attached hydrogens (tertiary/aromatic N) is 1. The van der Waals surface area contributed by atoms with Gasteiger partial charge in [0, 0.05) is 29.9 Å². The third-order valence-electron chi connectivity index (χ3n) is 3.52. The highest BCUT2D eigenvalue weighted by atomic mass is 16.5. The van der Waals surface area contributed by atoms with E-state index in [1.165, 1.54) is 12.0 Å². The van der Waals surface area contributed by atoms with Crippen LogP contribution in [0.4, 0.5) is 0 Å². The summed E-state index contributed by atoms with van der Waals surface area (Å²) in [5.74, 6) is 0.648. The minimum atomic E-state index is 0.342. The molecule has 0 aromatic carbocycles. The Morgan fingerprint density at radius 3 is 2.94 bits per heavy atom. The molecule has 0 bridgehead atoms. The topological polar surface area (TPSA) is 49.9 Å². The summed E-state index contributed by atoms with van der Waals surface area (Å²) in [6, 6.07) is 0.834. The second-order valence-electron chi connectivity index (χ2n) is 4.75. The van der Waals surface area contributed by atoms with Crippen LogP contribution >= 0.6 is 0 Å². The van der Waals surface area contributed by atoms with E-state index in [0.717, 1.165) is 18.9 Å². The van der Waals surface area contributed by atoms with E-state index in [1.54, 1.807) is 0 Å². The van der Waals surface area contributed by atoms with Gasteiger partial charge in [-0.25, -0.2) is 0 Å². The summed E-state index contributed by atoms with van der Waals surface area (Å²) in [4.78, 5) is 0. The first-order valence-corrected chi connectivity index (χ1v) is 6.02. The zero-order chi connectivity index (χ0) is 11.5. The van der Waals surface area contributed by atoms with Crippen molar-refractivity contribution in [2.24, 2.45) is 5.92 Å². The van der Waals surface area contributed by atoms with Crippen molar-refractivity contribution in [2.45, 2.75) is 39.3 Å². The third-order valence-corrected chi connectivity index (χ3v) is 3.52. The van der Waals surface area contributed by atoms with E-state index in [-0.39, 0.29) is 0 Å². The quantitative estimate of drug-likeness (QED) is 0.818. The van der Waals surface area contributed by atoms with Crippen LogP contribution in [0.25, 0.3) is 0 Å². The van der Waals surface area contributed by atoms with E-state index in [9.17, 15) is 0 Å². The van der Waals surface area contributed by atoms with Crippen LogP contribution in [0.3, 0.4) is 0 Å². The molecule has 90 valence electrons. The fourth-order valence-corrected chi connectivity index (χ4v) is 2.36. The molecular formula is C12H21N3O. The van der Waals surface area contributed by atoms with Crippen LogP contribution in [0.15, 0.2) is 6.20 Å². The average Bonchev–Trinajstić information content (AvgIpc) is 2.86. The molecule has 1 aromatic rings. The van der Waals surface area contributed by atoms with Gasteiger partial charge in [-0.3, -0.25) is 5.10 Å². The molecule has 0 aliphatic carbocycles. The monoisotopic (exact) mass is 223 g/mol. The molecule has 4 nitrogen and oxygen atoms in total. The summed E-state index contributed by atoms with van der Waals surface area (Å²) in [6.07, 6.45) is 3.08. The minimum Gasteiger partial charge on any atom is -0.381 e. The van der Waals surface area contributed by atoms with Crippen molar-refractivity contribution in [3.8, 4) is 0 Å². The smallest absolute Gasteiger partial charge is 0.0537 e. The highest BCUT2D eigenvalue weighted by molar-refractivity contribution is 5.18. The Balaban J connectivity index is 1.91. The Bertz CT molecular complexity index is 331. The number of H-pyrrole nitrogens is 1. The van der Waals surface area contributed by atoms with E-state index < -0.39 is 0 Å². The number of hydrogen-bond acceptors (Lipinski definition) is 3. The molecule has 1 fully saturated rings. The first-order valence-electron chi connectivity index (χ1n) is 6.02. The summed E-state index contributed by atoms with van der Waals surface area (Å²) in [6.45, 7) is 8.29. The zero-order valence-electron chi connectivity index (χ0n) is 10.3. The van der Waals surface area contributed by atoms with E-state index >= 15 is 0 Å². The van der Waals surface area contributed by atoms with E-state index in [0.29, 0.717) is 18.0 Å². The van der Waals surface area contributed by atoms with Gasteiger partial charge in [0.1, 0.15) is 0 Å². The molecule has 0 radical (unpaired) electrons. The number of rotatable bonds is 4. The lowest BCUT2D eigenvalue weighted by Gasteiger charge is -2.23. The van der Waals surface area contributed by atoms with Crippen LogP contribution in [0.1, 0.15) is 37.6 Å². The molecular weight excluding hydrogens is 202 g/mol. The summed E-state index contributed by atoms with van der Waals surface area (Å²) >= 11 is 0. The maximum Gasteiger partial charge on any atom is 0.0537 e. The van der Waals surface area contributed by atoms with Gasteiger partial charge in [0.05, 0.1) is 12.8 Å². The van der Waals surface area contributed by atoms with Crippen LogP contribution in [0.2, 0.25) is 0 Å². The molecule has 1 aliphatic rings. The van der Waals surface area contributed by atoms with Crippen molar-refractivity contribution in [1.82, 2.24) is 15.5 Å². The van der Waals surface area contributed by atoms with Gasteiger partial charge in [0.2, 0.25) is 0 Å². The first-order chi connectivity index (χ1) is 7.68. The average molecular weight is 223 g/mol. The zero-order valence-corrected chi connectivity index (χ0v) is 10.3. The second kappa shape index (κ2) is 4.97. The van der Waals surface area contributed by atoms with Crippen LogP contribution < -0.4 is 5.32 Å². The Kier molecular flexibility index (Phi) is 3.61. The van der Waals surface area contributed by atoms with Crippen molar-refractivity contribution in [2.75, 3.05) is 13.2 Å². The highest BCUT2D eigenvalue weighted by Gasteiger charge is 2.24. The van der Waals surface area contributed by atoms with E-state index in [2.05, 4.69) is 36.3 Å². The lowest BCUT2D eigenvalue weighted by atomic mass is 9.99. The van der Waals surface area contributed by atoms with Crippen LogP contribution in [0, 0.1) is 12.8 Å². The molecule has 1 aliphatic heterocycles. The van der Waals surface area contributed by atoms with Crippen LogP contribution in [-0.2, 0) is 4.74 Å². The predicted molar refractivity (Wildman–Crippen MR) is 63.3 cm³/mol. The number of aryl methyl sites for hydroxylation is 1. The predicted octanol–water partition coefficient (Wildman–Crippen LogP) is 1.79. The van der Waals surface area contributed by atoms with Gasteiger partial charge in [-0.2, -0.15) is 5.10 Å². The van der Waals surface area contributed by atoms with Crippen LogP contribution in [-0.4, -0.2) is 29.5 Å². The second-order valence-corrected chi connectivity index (χ2v) is 4.75. The molecule has 2 N–H and O–H groups in total. The van der Waals surface area contributed by atoms with Crippen molar-refractivity contribution in [1.29, 1.82) is 0 Å². The fraction of sp³-hybridized carbons (Fsp3) is 0.750. The van der Waals surface area contributed by atoms with Crippen molar-refractivity contribution in [3.05, 3.63) is 17.5 Å². The highest BCUT2D eigenvalue weighted by Crippen LogP contribution is 2.21. The van der Waals surface area contributed by atoms with E-state index in [1.807, 2.05) is 6.20 Å². The number of aromatic nitrogens is 2. The molecule has 1 saturated heterocycles. The van der Waals surface area contributed by atoms with Gasteiger partial charge in [-0.05, 0) is 33.1 Å². The number of ether oxygens (including phenoxy) is 1. The first kappa shape index (κ1) is 11.6. The Labute approximate surface area is 96.8 Å². The van der Waals surface area contributed by atoms with Gasteiger partial charge in [-0.1, -0.05) is 0 Å². The molecule has 2 heterocycles. The molecule has 2 rings (SSSR count). The normalized spacial score (nSPS) is 24.6. The van der Waals surface area contributed by atoms with Crippen LogP contribution in [0.5, 0.6) is 0 Å². The van der Waals surface area contributed by atoms with Gasteiger partial charge < -0.3 is 10.1 Å². The Morgan fingerprint density at radius 2 is 2.38 bits per heavy atom. The molecule has 1 aromatic heterocycles. The third kappa shape index (κ3) is 2.44. The van der Waals surface area contributed by atoms with E-state index in [4.69, 9.17) is 4.74 Å². The maximum atomic E-state index is 5.42. The molecule has 0 spiro atoms. The molecule has 3 atom stereocenters.